The first-order chi connectivity index (χ1) is 15.2. The van der Waals surface area contributed by atoms with Crippen LogP contribution in [-0.4, -0.2) is 50.3 Å². The largest absolute Gasteiger partial charge is 0.493 e. The third-order valence-corrected chi connectivity index (χ3v) is 6.74. The van der Waals surface area contributed by atoms with E-state index < -0.39 is 12.3 Å². The standard InChI is InChI=1S/C26H48N2O4/c1-8-26(5,9-2)28-25(27)22(29)13-12-21(19(3)4)17-20-11-14-23(31-7)24(18-20)32-16-10-15-30-6/h11,14,18-19,21-22,25,28-29H,8-10,12-13,15-17,27H2,1-7H3/t21-,22-,25-/m0/s1. The zero-order valence-corrected chi connectivity index (χ0v) is 21.4. The van der Waals surface area contributed by atoms with Crippen LogP contribution >= 0.6 is 0 Å². The molecule has 0 bridgehead atoms. The van der Waals surface area contributed by atoms with Crippen molar-refractivity contribution < 1.29 is 19.3 Å². The molecule has 0 fully saturated rings. The monoisotopic (exact) mass is 452 g/mol. The van der Waals surface area contributed by atoms with Crippen LogP contribution in [0.3, 0.4) is 0 Å². The number of rotatable bonds is 17. The zero-order chi connectivity index (χ0) is 24.1. The molecular weight excluding hydrogens is 404 g/mol. The summed E-state index contributed by atoms with van der Waals surface area (Å²) in [6.45, 7) is 12.2. The van der Waals surface area contributed by atoms with Crippen molar-refractivity contribution in [3.63, 3.8) is 0 Å². The summed E-state index contributed by atoms with van der Waals surface area (Å²) < 4.78 is 16.5. The third-order valence-electron chi connectivity index (χ3n) is 6.74. The lowest BCUT2D eigenvalue weighted by atomic mass is 9.84. The number of aliphatic hydroxyl groups excluding tert-OH is 1. The molecule has 0 spiro atoms. The Morgan fingerprint density at radius 1 is 1.06 bits per heavy atom. The fraction of sp³-hybridized carbons (Fsp3) is 0.769. The molecule has 0 aliphatic heterocycles. The van der Waals surface area contributed by atoms with E-state index in [4.69, 9.17) is 19.9 Å². The molecule has 0 unspecified atom stereocenters. The predicted octanol–water partition coefficient (Wildman–Crippen LogP) is 4.52. The van der Waals surface area contributed by atoms with Crippen molar-refractivity contribution in [1.82, 2.24) is 5.32 Å². The van der Waals surface area contributed by atoms with E-state index in [0.29, 0.717) is 31.5 Å². The molecule has 1 aromatic carbocycles. The summed E-state index contributed by atoms with van der Waals surface area (Å²) in [7, 11) is 3.36. The molecule has 186 valence electrons. The molecule has 6 heteroatoms. The Hall–Kier alpha value is -1.34. The second-order valence-corrected chi connectivity index (χ2v) is 9.47. The highest BCUT2D eigenvalue weighted by Gasteiger charge is 2.26. The third kappa shape index (κ3) is 9.65. The zero-order valence-electron chi connectivity index (χ0n) is 21.4. The van der Waals surface area contributed by atoms with E-state index in [1.165, 1.54) is 5.56 Å². The molecule has 0 radical (unpaired) electrons. The summed E-state index contributed by atoms with van der Waals surface area (Å²) in [6.07, 6.45) is 4.33. The van der Waals surface area contributed by atoms with Crippen LogP contribution in [-0.2, 0) is 11.2 Å². The Kier molecular flexibility index (Phi) is 13.2. The van der Waals surface area contributed by atoms with Crippen LogP contribution < -0.4 is 20.5 Å². The van der Waals surface area contributed by atoms with Gasteiger partial charge in [-0.15, -0.1) is 0 Å². The smallest absolute Gasteiger partial charge is 0.161 e. The average Bonchev–Trinajstić information content (AvgIpc) is 2.78. The topological polar surface area (TPSA) is 86.0 Å². The number of ether oxygens (including phenoxy) is 3. The summed E-state index contributed by atoms with van der Waals surface area (Å²) in [5.74, 6) is 2.45. The van der Waals surface area contributed by atoms with Gasteiger partial charge in [0, 0.05) is 25.7 Å². The Bertz CT molecular complexity index is 634. The molecule has 6 nitrogen and oxygen atoms in total. The molecule has 0 aliphatic carbocycles. The van der Waals surface area contributed by atoms with E-state index in [9.17, 15) is 5.11 Å². The quantitative estimate of drug-likeness (QED) is 0.238. The van der Waals surface area contributed by atoms with Crippen LogP contribution in [0.5, 0.6) is 11.5 Å². The Morgan fingerprint density at radius 2 is 1.75 bits per heavy atom. The molecule has 0 heterocycles. The van der Waals surface area contributed by atoms with Crippen molar-refractivity contribution in [3.8, 4) is 11.5 Å². The molecule has 0 amide bonds. The summed E-state index contributed by atoms with van der Waals surface area (Å²) in [5.41, 5.74) is 7.46. The molecule has 0 saturated carbocycles. The normalized spacial score (nSPS) is 14.9. The number of hydrogen-bond donors (Lipinski definition) is 3. The minimum Gasteiger partial charge on any atom is -0.493 e. The molecule has 3 atom stereocenters. The van der Waals surface area contributed by atoms with Crippen LogP contribution in [0.15, 0.2) is 18.2 Å². The van der Waals surface area contributed by atoms with Crippen molar-refractivity contribution >= 4 is 0 Å². The van der Waals surface area contributed by atoms with Gasteiger partial charge in [0.2, 0.25) is 0 Å². The molecule has 0 aliphatic rings. The fourth-order valence-electron chi connectivity index (χ4n) is 3.84. The maximum Gasteiger partial charge on any atom is 0.161 e. The van der Waals surface area contributed by atoms with Gasteiger partial charge in [0.05, 0.1) is 26.0 Å². The number of nitrogens with two attached hydrogens (primary N) is 1. The van der Waals surface area contributed by atoms with Gasteiger partial charge in [0.1, 0.15) is 0 Å². The van der Waals surface area contributed by atoms with E-state index in [1.54, 1.807) is 14.2 Å². The van der Waals surface area contributed by atoms with Crippen molar-refractivity contribution in [2.24, 2.45) is 17.6 Å². The second-order valence-electron chi connectivity index (χ2n) is 9.47. The summed E-state index contributed by atoms with van der Waals surface area (Å²) >= 11 is 0. The number of methoxy groups -OCH3 is 2. The maximum absolute atomic E-state index is 10.7. The van der Waals surface area contributed by atoms with Crippen LogP contribution in [0.1, 0.15) is 72.3 Å². The van der Waals surface area contributed by atoms with Crippen LogP contribution in [0, 0.1) is 11.8 Å². The van der Waals surface area contributed by atoms with Gasteiger partial charge in [-0.25, -0.2) is 0 Å². The van der Waals surface area contributed by atoms with E-state index in [1.807, 2.05) is 6.07 Å². The first-order valence-corrected chi connectivity index (χ1v) is 12.2. The maximum atomic E-state index is 10.7. The Morgan fingerprint density at radius 3 is 2.31 bits per heavy atom. The SMILES string of the molecule is CCC(C)(CC)N[C@H](N)[C@@H](O)CC[C@@H](Cc1ccc(OC)c(OCCCOC)c1)C(C)C. The molecule has 4 N–H and O–H groups in total. The highest BCUT2D eigenvalue weighted by Crippen LogP contribution is 2.31. The van der Waals surface area contributed by atoms with E-state index >= 15 is 0 Å². The number of nitrogens with one attached hydrogen (secondary N) is 1. The van der Waals surface area contributed by atoms with Gasteiger partial charge in [-0.3, -0.25) is 5.32 Å². The van der Waals surface area contributed by atoms with E-state index in [-0.39, 0.29) is 5.54 Å². The van der Waals surface area contributed by atoms with Crippen LogP contribution in [0.2, 0.25) is 0 Å². The second kappa shape index (κ2) is 14.7. The van der Waals surface area contributed by atoms with E-state index in [2.05, 4.69) is 52.1 Å². The molecular formula is C26H48N2O4. The van der Waals surface area contributed by atoms with Gasteiger partial charge in [-0.2, -0.15) is 0 Å². The lowest BCUT2D eigenvalue weighted by Crippen LogP contribution is -2.56. The van der Waals surface area contributed by atoms with Gasteiger partial charge < -0.3 is 25.1 Å². The van der Waals surface area contributed by atoms with Crippen molar-refractivity contribution in [1.29, 1.82) is 0 Å². The van der Waals surface area contributed by atoms with Gasteiger partial charge in [0.15, 0.2) is 11.5 Å². The van der Waals surface area contributed by atoms with Crippen LogP contribution in [0.4, 0.5) is 0 Å². The fourth-order valence-corrected chi connectivity index (χ4v) is 3.84. The molecule has 1 rings (SSSR count). The highest BCUT2D eigenvalue weighted by molar-refractivity contribution is 5.43. The molecule has 0 aromatic heterocycles. The lowest BCUT2D eigenvalue weighted by molar-refractivity contribution is 0.0904. The number of benzene rings is 1. The summed E-state index contributed by atoms with van der Waals surface area (Å²) in [5, 5.41) is 14.1. The molecule has 0 saturated heterocycles. The Labute approximate surface area is 196 Å². The van der Waals surface area contributed by atoms with Gasteiger partial charge >= 0.3 is 0 Å². The molecule has 32 heavy (non-hydrogen) atoms. The predicted molar refractivity (Wildman–Crippen MR) is 132 cm³/mol. The van der Waals surface area contributed by atoms with E-state index in [0.717, 1.165) is 43.6 Å². The minimum atomic E-state index is -0.566. The minimum absolute atomic E-state index is 0.0411. The lowest BCUT2D eigenvalue weighted by Gasteiger charge is -2.34. The summed E-state index contributed by atoms with van der Waals surface area (Å²) in [6, 6.07) is 6.16. The van der Waals surface area contributed by atoms with Crippen molar-refractivity contribution in [2.45, 2.75) is 91.0 Å². The average molecular weight is 453 g/mol. The van der Waals surface area contributed by atoms with Crippen LogP contribution in [0.25, 0.3) is 0 Å². The number of hydrogen-bond acceptors (Lipinski definition) is 6. The van der Waals surface area contributed by atoms with Crippen molar-refractivity contribution in [3.05, 3.63) is 23.8 Å². The summed E-state index contributed by atoms with van der Waals surface area (Å²) in [4.78, 5) is 0. The first kappa shape index (κ1) is 28.7. The molecule has 1 aromatic rings. The van der Waals surface area contributed by atoms with Gasteiger partial charge in [0.25, 0.3) is 0 Å². The van der Waals surface area contributed by atoms with Crippen molar-refractivity contribution in [2.75, 3.05) is 27.4 Å². The number of aliphatic hydroxyl groups is 1. The first-order valence-electron chi connectivity index (χ1n) is 12.2. The highest BCUT2D eigenvalue weighted by atomic mass is 16.5. The Balaban J connectivity index is 2.74. The van der Waals surface area contributed by atoms with Gasteiger partial charge in [-0.05, 0) is 68.6 Å². The van der Waals surface area contributed by atoms with Gasteiger partial charge in [-0.1, -0.05) is 33.8 Å².